The minimum absolute atomic E-state index is 0.232. The molecule has 0 aromatic heterocycles. The molecular weight excluding hydrogens is 164 g/mol. The standard InChI is InChI=1S/C6H12N2O4/c7-4(5(9)10)2-1-3-8-6(11)12/h4,8H,1-3,7H2,(H,9,10)(H,11,12)/t4-/m0/s1. The van der Waals surface area contributed by atoms with Gasteiger partial charge in [0.15, 0.2) is 0 Å². The molecule has 0 aliphatic carbocycles. The third-order valence-corrected chi connectivity index (χ3v) is 1.29. The van der Waals surface area contributed by atoms with Crippen LogP contribution in [0.4, 0.5) is 4.79 Å². The predicted octanol–water partition coefficient (Wildman–Crippen LogP) is -0.554. The van der Waals surface area contributed by atoms with Gasteiger partial charge in [0.2, 0.25) is 0 Å². The Labute approximate surface area is 69.4 Å². The normalized spacial score (nSPS) is 12.1. The SMILES string of the molecule is N[C@@H](CCCNC(=O)O)C(=O)O. The monoisotopic (exact) mass is 176 g/mol. The van der Waals surface area contributed by atoms with E-state index < -0.39 is 18.1 Å². The lowest BCUT2D eigenvalue weighted by Gasteiger charge is -2.04. The fourth-order valence-corrected chi connectivity index (χ4v) is 0.641. The number of nitrogens with two attached hydrogens (primary N) is 1. The molecule has 0 aliphatic heterocycles. The molecule has 0 rings (SSSR count). The minimum atomic E-state index is -1.11. The zero-order chi connectivity index (χ0) is 9.56. The second-order valence-corrected chi connectivity index (χ2v) is 2.32. The molecular formula is C6H12N2O4. The lowest BCUT2D eigenvalue weighted by atomic mass is 10.2. The fourth-order valence-electron chi connectivity index (χ4n) is 0.641. The number of aliphatic carboxylic acids is 1. The van der Waals surface area contributed by atoms with Crippen molar-refractivity contribution in [2.45, 2.75) is 18.9 Å². The first-order valence-electron chi connectivity index (χ1n) is 3.49. The summed E-state index contributed by atoms with van der Waals surface area (Å²) >= 11 is 0. The van der Waals surface area contributed by atoms with Gasteiger partial charge in [0.25, 0.3) is 0 Å². The Morgan fingerprint density at radius 2 is 2.00 bits per heavy atom. The molecule has 0 aliphatic rings. The first-order chi connectivity index (χ1) is 5.54. The van der Waals surface area contributed by atoms with E-state index in [1.165, 1.54) is 0 Å². The summed E-state index contributed by atoms with van der Waals surface area (Å²) in [6.45, 7) is 0.232. The first kappa shape index (κ1) is 10.7. The van der Waals surface area contributed by atoms with E-state index in [0.717, 1.165) is 0 Å². The Hall–Kier alpha value is -1.30. The van der Waals surface area contributed by atoms with Crippen molar-refractivity contribution in [3.05, 3.63) is 0 Å². The van der Waals surface area contributed by atoms with Crippen molar-refractivity contribution in [3.63, 3.8) is 0 Å². The van der Waals surface area contributed by atoms with Gasteiger partial charge in [-0.25, -0.2) is 4.79 Å². The maximum atomic E-state index is 10.2. The largest absolute Gasteiger partial charge is 0.480 e. The van der Waals surface area contributed by atoms with Gasteiger partial charge >= 0.3 is 12.1 Å². The number of hydrogen-bond donors (Lipinski definition) is 4. The van der Waals surface area contributed by atoms with Gasteiger partial charge in [-0.05, 0) is 12.8 Å². The van der Waals surface area contributed by atoms with Crippen LogP contribution in [0.2, 0.25) is 0 Å². The van der Waals surface area contributed by atoms with E-state index in [4.69, 9.17) is 15.9 Å². The van der Waals surface area contributed by atoms with Crippen LogP contribution in [-0.2, 0) is 4.79 Å². The van der Waals surface area contributed by atoms with Crippen LogP contribution in [0.1, 0.15) is 12.8 Å². The number of carbonyl (C=O) groups is 2. The number of rotatable bonds is 5. The van der Waals surface area contributed by atoms with Gasteiger partial charge < -0.3 is 21.3 Å². The summed E-state index contributed by atoms with van der Waals surface area (Å²) in [7, 11) is 0. The van der Waals surface area contributed by atoms with Crippen LogP contribution in [0.15, 0.2) is 0 Å². The molecule has 0 aromatic carbocycles. The van der Waals surface area contributed by atoms with Gasteiger partial charge in [0.05, 0.1) is 0 Å². The number of amides is 1. The van der Waals surface area contributed by atoms with Crippen molar-refractivity contribution in [2.75, 3.05) is 6.54 Å². The Morgan fingerprint density at radius 1 is 1.42 bits per heavy atom. The van der Waals surface area contributed by atoms with Gasteiger partial charge in [-0.1, -0.05) is 0 Å². The average Bonchev–Trinajstić information content (AvgIpc) is 1.97. The molecule has 5 N–H and O–H groups in total. The second kappa shape index (κ2) is 5.36. The van der Waals surface area contributed by atoms with Crippen molar-refractivity contribution in [1.82, 2.24) is 5.32 Å². The summed E-state index contributed by atoms with van der Waals surface area (Å²) in [5, 5.41) is 18.6. The van der Waals surface area contributed by atoms with Gasteiger partial charge in [-0.3, -0.25) is 4.79 Å². The Bertz CT molecular complexity index is 171. The van der Waals surface area contributed by atoms with Crippen LogP contribution in [0.5, 0.6) is 0 Å². The third kappa shape index (κ3) is 5.48. The fraction of sp³-hybridized carbons (Fsp3) is 0.667. The van der Waals surface area contributed by atoms with E-state index in [9.17, 15) is 9.59 Å². The van der Waals surface area contributed by atoms with Crippen LogP contribution in [0.3, 0.4) is 0 Å². The highest BCUT2D eigenvalue weighted by Gasteiger charge is 2.09. The summed E-state index contributed by atoms with van der Waals surface area (Å²) in [5.74, 6) is -1.06. The van der Waals surface area contributed by atoms with Crippen molar-refractivity contribution in [1.29, 1.82) is 0 Å². The van der Waals surface area contributed by atoms with E-state index >= 15 is 0 Å². The summed E-state index contributed by atoms with van der Waals surface area (Å²) in [6, 6.07) is -0.902. The number of hydrogen-bond acceptors (Lipinski definition) is 3. The molecule has 1 atom stereocenters. The molecule has 0 saturated heterocycles. The molecule has 6 heteroatoms. The molecule has 0 spiro atoms. The molecule has 0 bridgehead atoms. The number of carboxylic acids is 1. The van der Waals surface area contributed by atoms with Gasteiger partial charge in [0, 0.05) is 6.54 Å². The van der Waals surface area contributed by atoms with E-state index in [1.54, 1.807) is 0 Å². The highest BCUT2D eigenvalue weighted by Crippen LogP contribution is 1.92. The van der Waals surface area contributed by atoms with Crippen LogP contribution >= 0.6 is 0 Å². The van der Waals surface area contributed by atoms with Crippen LogP contribution in [0.25, 0.3) is 0 Å². The highest BCUT2D eigenvalue weighted by molar-refractivity contribution is 5.72. The summed E-state index contributed by atoms with van der Waals surface area (Å²) in [6.07, 6.45) is -0.408. The summed E-state index contributed by atoms with van der Waals surface area (Å²) in [4.78, 5) is 20.1. The molecule has 1 amide bonds. The Kier molecular flexibility index (Phi) is 4.78. The molecule has 12 heavy (non-hydrogen) atoms. The smallest absolute Gasteiger partial charge is 0.404 e. The van der Waals surface area contributed by atoms with Crippen molar-refractivity contribution < 1.29 is 19.8 Å². The number of nitrogens with one attached hydrogen (secondary N) is 1. The lowest BCUT2D eigenvalue weighted by Crippen LogP contribution is -2.31. The van der Waals surface area contributed by atoms with Crippen LogP contribution in [0, 0.1) is 0 Å². The average molecular weight is 176 g/mol. The molecule has 0 aromatic rings. The maximum absolute atomic E-state index is 10.2. The van der Waals surface area contributed by atoms with Crippen LogP contribution < -0.4 is 11.1 Å². The minimum Gasteiger partial charge on any atom is -0.480 e. The quantitative estimate of drug-likeness (QED) is 0.419. The zero-order valence-corrected chi connectivity index (χ0v) is 6.49. The summed E-state index contributed by atoms with van der Waals surface area (Å²) < 4.78 is 0. The molecule has 6 nitrogen and oxygen atoms in total. The van der Waals surface area contributed by atoms with Gasteiger partial charge in [0.1, 0.15) is 6.04 Å². The van der Waals surface area contributed by atoms with E-state index in [1.807, 2.05) is 0 Å². The van der Waals surface area contributed by atoms with Crippen molar-refractivity contribution in [2.24, 2.45) is 5.73 Å². The molecule has 70 valence electrons. The lowest BCUT2D eigenvalue weighted by molar-refractivity contribution is -0.138. The molecule has 0 heterocycles. The number of carboxylic acid groups (broad SMARTS) is 2. The molecule has 0 radical (unpaired) electrons. The van der Waals surface area contributed by atoms with Crippen molar-refractivity contribution >= 4 is 12.1 Å². The van der Waals surface area contributed by atoms with E-state index in [0.29, 0.717) is 6.42 Å². The van der Waals surface area contributed by atoms with Gasteiger partial charge in [-0.2, -0.15) is 0 Å². The molecule has 0 saturated carbocycles. The van der Waals surface area contributed by atoms with Crippen LogP contribution in [-0.4, -0.2) is 34.9 Å². The topological polar surface area (TPSA) is 113 Å². The summed E-state index contributed by atoms with van der Waals surface area (Å²) in [5.41, 5.74) is 5.16. The Balaban J connectivity index is 3.31. The Morgan fingerprint density at radius 3 is 2.42 bits per heavy atom. The first-order valence-corrected chi connectivity index (χ1v) is 3.49. The van der Waals surface area contributed by atoms with E-state index in [2.05, 4.69) is 5.32 Å². The zero-order valence-electron chi connectivity index (χ0n) is 6.49. The van der Waals surface area contributed by atoms with Crippen molar-refractivity contribution in [3.8, 4) is 0 Å². The second-order valence-electron chi connectivity index (χ2n) is 2.32. The highest BCUT2D eigenvalue weighted by atomic mass is 16.4. The van der Waals surface area contributed by atoms with Gasteiger partial charge in [-0.15, -0.1) is 0 Å². The van der Waals surface area contributed by atoms with E-state index in [-0.39, 0.29) is 13.0 Å². The molecule has 0 fully saturated rings. The molecule has 0 unspecified atom stereocenters. The third-order valence-electron chi connectivity index (χ3n) is 1.29. The predicted molar refractivity (Wildman–Crippen MR) is 40.9 cm³/mol. The maximum Gasteiger partial charge on any atom is 0.404 e.